The number of β-lactam (4-membered cyclic amide) rings is 1. The minimum atomic E-state index is -0.726. The van der Waals surface area contributed by atoms with Crippen molar-refractivity contribution in [3.63, 3.8) is 0 Å². The van der Waals surface area contributed by atoms with Gasteiger partial charge in [-0.25, -0.2) is 4.79 Å². The van der Waals surface area contributed by atoms with Crippen molar-refractivity contribution in [2.75, 3.05) is 13.4 Å². The molecule has 0 aromatic heterocycles. The van der Waals surface area contributed by atoms with Gasteiger partial charge < -0.3 is 15.4 Å². The molecule has 5 nitrogen and oxygen atoms in total. The van der Waals surface area contributed by atoms with Gasteiger partial charge in [0.15, 0.2) is 6.04 Å². The van der Waals surface area contributed by atoms with Crippen LogP contribution in [0.3, 0.4) is 0 Å². The summed E-state index contributed by atoms with van der Waals surface area (Å²) in [7, 11) is 1.32. The minimum Gasteiger partial charge on any atom is -0.467 e. The Morgan fingerprint density at radius 3 is 2.58 bits per heavy atom. The van der Waals surface area contributed by atoms with Crippen LogP contribution in [0.1, 0.15) is 11.6 Å². The van der Waals surface area contributed by atoms with E-state index in [1.165, 1.54) is 23.8 Å². The van der Waals surface area contributed by atoms with Gasteiger partial charge in [0, 0.05) is 0 Å². The number of benzene rings is 1. The van der Waals surface area contributed by atoms with Crippen LogP contribution in [-0.2, 0) is 14.3 Å². The second kappa shape index (κ2) is 5.63. The van der Waals surface area contributed by atoms with Crippen LogP contribution in [0.5, 0.6) is 0 Å². The Kier molecular flexibility index (Phi) is 4.11. The van der Waals surface area contributed by atoms with E-state index in [9.17, 15) is 9.59 Å². The van der Waals surface area contributed by atoms with Crippen molar-refractivity contribution in [2.45, 2.75) is 17.5 Å². The summed E-state index contributed by atoms with van der Waals surface area (Å²) in [5.41, 5.74) is 6.49. The Hall–Kier alpha value is -1.53. The van der Waals surface area contributed by atoms with E-state index < -0.39 is 18.1 Å². The monoisotopic (exact) mass is 280 g/mol. The maximum atomic E-state index is 12.0. The van der Waals surface area contributed by atoms with Crippen LogP contribution in [-0.4, -0.2) is 41.6 Å². The molecule has 1 saturated heterocycles. The van der Waals surface area contributed by atoms with Gasteiger partial charge in [-0.15, -0.1) is 11.8 Å². The Morgan fingerprint density at radius 2 is 2.05 bits per heavy atom. The van der Waals surface area contributed by atoms with Crippen molar-refractivity contribution >= 4 is 23.6 Å². The third-order valence-electron chi connectivity index (χ3n) is 3.18. The van der Waals surface area contributed by atoms with E-state index in [0.717, 1.165) is 5.56 Å². The highest BCUT2D eigenvalue weighted by atomic mass is 32.2. The van der Waals surface area contributed by atoms with Gasteiger partial charge in [-0.1, -0.05) is 30.3 Å². The van der Waals surface area contributed by atoms with Gasteiger partial charge in [0.1, 0.15) is 11.4 Å². The van der Waals surface area contributed by atoms with Crippen molar-refractivity contribution in [1.82, 2.24) is 4.90 Å². The summed E-state index contributed by atoms with van der Waals surface area (Å²) >= 11 is 1.45. The number of thioether (sulfide) groups is 1. The maximum absolute atomic E-state index is 12.0. The number of likely N-dealkylation sites (tertiary alicyclic amines) is 1. The highest BCUT2D eigenvalue weighted by Gasteiger charge is 2.50. The van der Waals surface area contributed by atoms with Crippen LogP contribution >= 0.6 is 11.8 Å². The second-order valence-corrected chi connectivity index (χ2v) is 5.19. The molecule has 19 heavy (non-hydrogen) atoms. The third kappa shape index (κ3) is 2.33. The fraction of sp³-hybridized carbons (Fsp3) is 0.385. The number of carbonyl (C=O) groups is 2. The highest BCUT2D eigenvalue weighted by molar-refractivity contribution is 7.99. The number of ether oxygens (including phenoxy) is 1. The van der Waals surface area contributed by atoms with Gasteiger partial charge in [0.25, 0.3) is 0 Å². The van der Waals surface area contributed by atoms with Crippen molar-refractivity contribution < 1.29 is 14.3 Å². The molecule has 0 saturated carbocycles. The van der Waals surface area contributed by atoms with E-state index in [-0.39, 0.29) is 11.3 Å². The zero-order chi connectivity index (χ0) is 14.0. The molecule has 1 fully saturated rings. The molecule has 0 aliphatic carbocycles. The smallest absolute Gasteiger partial charge is 0.333 e. The molecule has 2 N–H and O–H groups in total. The lowest BCUT2D eigenvalue weighted by Crippen LogP contribution is -2.68. The average molecular weight is 280 g/mol. The number of nitrogens with two attached hydrogens (primary N) is 1. The first-order chi connectivity index (χ1) is 9.11. The summed E-state index contributed by atoms with van der Waals surface area (Å²) in [6.07, 6.45) is 1.86. The van der Waals surface area contributed by atoms with Crippen LogP contribution in [0.25, 0.3) is 0 Å². The molecule has 6 heteroatoms. The van der Waals surface area contributed by atoms with Gasteiger partial charge in [0.2, 0.25) is 5.91 Å². The number of amides is 1. The molecule has 1 aliphatic heterocycles. The Labute approximate surface area is 116 Å². The molecule has 0 spiro atoms. The van der Waals surface area contributed by atoms with Crippen molar-refractivity contribution in [3.8, 4) is 0 Å². The molecule has 1 aromatic rings. The predicted octanol–water partition coefficient (Wildman–Crippen LogP) is 0.759. The molecule has 102 valence electrons. The zero-order valence-electron chi connectivity index (χ0n) is 10.8. The number of rotatable bonds is 4. The normalized spacial score (nSPS) is 23.7. The van der Waals surface area contributed by atoms with Gasteiger partial charge in [-0.2, -0.15) is 0 Å². The standard InChI is InChI=1S/C13H16N2O3S/c1-18-13(17)10(8-6-4-3-5-7-8)15-11(16)9(14)12(15)19-2/h3-7,9-10,12H,14H2,1-2H3. The van der Waals surface area contributed by atoms with E-state index >= 15 is 0 Å². The van der Waals surface area contributed by atoms with Crippen molar-refractivity contribution in [3.05, 3.63) is 35.9 Å². The number of esters is 1. The van der Waals surface area contributed by atoms with Gasteiger partial charge in [-0.3, -0.25) is 4.79 Å². The number of carbonyl (C=O) groups excluding carboxylic acids is 2. The average Bonchev–Trinajstić information content (AvgIpc) is 2.47. The maximum Gasteiger partial charge on any atom is 0.333 e. The molecule has 1 aliphatic rings. The third-order valence-corrected chi connectivity index (χ3v) is 4.18. The molecule has 1 amide bonds. The number of hydrogen-bond acceptors (Lipinski definition) is 5. The van der Waals surface area contributed by atoms with Crippen molar-refractivity contribution in [1.29, 1.82) is 0 Å². The van der Waals surface area contributed by atoms with Gasteiger partial charge >= 0.3 is 5.97 Å². The molecular formula is C13H16N2O3S. The molecule has 0 radical (unpaired) electrons. The summed E-state index contributed by atoms with van der Waals surface area (Å²) in [6, 6.07) is 7.83. The minimum absolute atomic E-state index is 0.197. The topological polar surface area (TPSA) is 72.6 Å². The summed E-state index contributed by atoms with van der Waals surface area (Å²) in [5.74, 6) is -0.677. The van der Waals surface area contributed by atoms with E-state index in [1.54, 1.807) is 12.1 Å². The van der Waals surface area contributed by atoms with Crippen LogP contribution < -0.4 is 5.73 Å². The van der Waals surface area contributed by atoms with Crippen LogP contribution in [0, 0.1) is 0 Å². The molecular weight excluding hydrogens is 264 g/mol. The lowest BCUT2D eigenvalue weighted by Gasteiger charge is -2.47. The van der Waals surface area contributed by atoms with Gasteiger partial charge in [-0.05, 0) is 11.8 Å². The molecule has 1 aromatic carbocycles. The van der Waals surface area contributed by atoms with Crippen LogP contribution in [0.4, 0.5) is 0 Å². The molecule has 1 heterocycles. The summed E-state index contributed by atoms with van der Waals surface area (Å²) in [6.45, 7) is 0. The fourth-order valence-corrected chi connectivity index (χ4v) is 3.06. The van der Waals surface area contributed by atoms with Gasteiger partial charge in [0.05, 0.1) is 7.11 Å². The van der Waals surface area contributed by atoms with Crippen molar-refractivity contribution in [2.24, 2.45) is 5.73 Å². The number of nitrogens with zero attached hydrogens (tertiary/aromatic N) is 1. The molecule has 3 atom stereocenters. The Bertz CT molecular complexity index is 480. The van der Waals surface area contributed by atoms with E-state index in [1.807, 2.05) is 24.5 Å². The Balaban J connectivity index is 2.34. The van der Waals surface area contributed by atoms with E-state index in [4.69, 9.17) is 10.5 Å². The first-order valence-corrected chi connectivity index (χ1v) is 7.14. The second-order valence-electron chi connectivity index (χ2n) is 4.23. The number of hydrogen-bond donors (Lipinski definition) is 1. The van der Waals surface area contributed by atoms with Crippen LogP contribution in [0.15, 0.2) is 30.3 Å². The first kappa shape index (κ1) is 13.9. The predicted molar refractivity (Wildman–Crippen MR) is 73.3 cm³/mol. The first-order valence-electron chi connectivity index (χ1n) is 5.85. The molecule has 3 unspecified atom stereocenters. The quantitative estimate of drug-likeness (QED) is 0.651. The number of methoxy groups -OCH3 is 1. The summed E-state index contributed by atoms with van der Waals surface area (Å²) in [5, 5.41) is -0.197. The Morgan fingerprint density at radius 1 is 1.42 bits per heavy atom. The summed E-state index contributed by atoms with van der Waals surface area (Å²) in [4.78, 5) is 25.4. The lowest BCUT2D eigenvalue weighted by atomic mass is 9.98. The van der Waals surface area contributed by atoms with Crippen LogP contribution in [0.2, 0.25) is 0 Å². The van der Waals surface area contributed by atoms with E-state index in [2.05, 4.69) is 0 Å². The SMILES string of the molecule is COC(=O)C(c1ccccc1)N1C(=O)C(N)C1SC. The highest BCUT2D eigenvalue weighted by Crippen LogP contribution is 2.36. The molecule has 0 bridgehead atoms. The molecule has 2 rings (SSSR count). The zero-order valence-corrected chi connectivity index (χ0v) is 11.6. The lowest BCUT2D eigenvalue weighted by molar-refractivity contribution is -0.162. The fourth-order valence-electron chi connectivity index (χ4n) is 2.20. The van der Waals surface area contributed by atoms with E-state index in [0.29, 0.717) is 0 Å². The largest absolute Gasteiger partial charge is 0.467 e. The summed E-state index contributed by atoms with van der Waals surface area (Å²) < 4.78 is 4.82.